The number of nitrogens with zero attached hydrogens (tertiary/aromatic N) is 1. The maximum absolute atomic E-state index is 13.3. The van der Waals surface area contributed by atoms with Crippen LogP contribution in [0, 0.1) is 11.7 Å². The molecule has 1 aromatic rings. The van der Waals surface area contributed by atoms with Gasteiger partial charge >= 0.3 is 5.97 Å². The van der Waals surface area contributed by atoms with Gasteiger partial charge in [0.05, 0.1) is 10.5 Å². The molecule has 2 N–H and O–H groups in total. The predicted molar refractivity (Wildman–Crippen MR) is 71.9 cm³/mol. The summed E-state index contributed by atoms with van der Waals surface area (Å²) in [6, 6.07) is 2.60. The number of halogens is 1. The normalized spacial score (nSPS) is 19.8. The van der Waals surface area contributed by atoms with Crippen molar-refractivity contribution in [3.05, 3.63) is 29.6 Å². The van der Waals surface area contributed by atoms with Crippen molar-refractivity contribution in [1.29, 1.82) is 0 Å². The second-order valence-electron chi connectivity index (χ2n) is 4.98. The Morgan fingerprint density at radius 1 is 1.43 bits per heavy atom. The number of aliphatic hydroxyl groups is 1. The number of aliphatic hydroxyl groups excluding tert-OH is 1. The first kappa shape index (κ1) is 15.9. The van der Waals surface area contributed by atoms with Gasteiger partial charge in [-0.15, -0.1) is 0 Å². The Balaban J connectivity index is 2.36. The lowest BCUT2D eigenvalue weighted by atomic mass is 10.1. The van der Waals surface area contributed by atoms with E-state index in [0.717, 1.165) is 22.5 Å². The van der Waals surface area contributed by atoms with Crippen LogP contribution in [0.15, 0.2) is 23.1 Å². The molecular weight excluding hydrogens is 301 g/mol. The molecule has 116 valence electrons. The molecular formula is C13H16FNO5S. The number of carboxylic acid groups (broad SMARTS) is 1. The van der Waals surface area contributed by atoms with Crippen LogP contribution < -0.4 is 0 Å². The highest BCUT2D eigenvalue weighted by atomic mass is 32.2. The molecule has 6 nitrogen and oxygen atoms in total. The maximum Gasteiger partial charge on any atom is 0.337 e. The lowest BCUT2D eigenvalue weighted by Gasteiger charge is -2.18. The minimum Gasteiger partial charge on any atom is -0.478 e. The molecule has 8 heteroatoms. The van der Waals surface area contributed by atoms with Crippen LogP contribution >= 0.6 is 0 Å². The Morgan fingerprint density at radius 2 is 2.14 bits per heavy atom. The summed E-state index contributed by atoms with van der Waals surface area (Å²) in [6.45, 7) is 0.417. The molecule has 1 aliphatic heterocycles. The average molecular weight is 317 g/mol. The highest BCUT2D eigenvalue weighted by Gasteiger charge is 2.34. The van der Waals surface area contributed by atoms with Gasteiger partial charge in [-0.2, -0.15) is 4.31 Å². The Morgan fingerprint density at radius 3 is 2.76 bits per heavy atom. The van der Waals surface area contributed by atoms with Crippen LogP contribution in [-0.2, 0) is 10.0 Å². The second kappa shape index (κ2) is 6.08. The molecule has 0 spiro atoms. The topological polar surface area (TPSA) is 94.9 Å². The predicted octanol–water partition coefficient (Wildman–Crippen LogP) is 0.917. The summed E-state index contributed by atoms with van der Waals surface area (Å²) >= 11 is 0. The van der Waals surface area contributed by atoms with Gasteiger partial charge in [0, 0.05) is 19.7 Å². The molecule has 0 aliphatic carbocycles. The van der Waals surface area contributed by atoms with Crippen LogP contribution in [0.1, 0.15) is 23.2 Å². The van der Waals surface area contributed by atoms with Gasteiger partial charge in [-0.1, -0.05) is 0 Å². The molecule has 0 bridgehead atoms. The van der Waals surface area contributed by atoms with E-state index < -0.39 is 32.3 Å². The van der Waals surface area contributed by atoms with Gasteiger partial charge in [0.25, 0.3) is 0 Å². The first-order chi connectivity index (χ1) is 9.86. The van der Waals surface area contributed by atoms with Crippen molar-refractivity contribution < 1.29 is 27.8 Å². The second-order valence-corrected chi connectivity index (χ2v) is 6.88. The standard InChI is InChI=1S/C13H16FNO5S/c14-10-1-2-11(13(17)18)12(7-10)21(19,20)15-5-3-9(8-15)4-6-16/h1-2,7,9,16H,3-6,8H2,(H,17,18). The molecule has 1 fully saturated rings. The minimum absolute atomic E-state index is 0.0289. The van der Waals surface area contributed by atoms with Gasteiger partial charge in [0.15, 0.2) is 0 Å². The third-order valence-corrected chi connectivity index (χ3v) is 5.48. The van der Waals surface area contributed by atoms with E-state index in [2.05, 4.69) is 0 Å². The Kier molecular flexibility index (Phi) is 4.60. The molecule has 0 radical (unpaired) electrons. The van der Waals surface area contributed by atoms with Crippen LogP contribution in [0.2, 0.25) is 0 Å². The van der Waals surface area contributed by atoms with E-state index in [9.17, 15) is 17.6 Å². The lowest BCUT2D eigenvalue weighted by Crippen LogP contribution is -2.30. The SMILES string of the molecule is O=C(O)c1ccc(F)cc1S(=O)(=O)N1CCC(CCO)C1. The number of carboxylic acids is 1. The monoisotopic (exact) mass is 317 g/mol. The van der Waals surface area contributed by atoms with E-state index in [4.69, 9.17) is 10.2 Å². The largest absolute Gasteiger partial charge is 0.478 e. The van der Waals surface area contributed by atoms with Crippen molar-refractivity contribution in [2.75, 3.05) is 19.7 Å². The summed E-state index contributed by atoms with van der Waals surface area (Å²) in [6.07, 6.45) is 1.08. The van der Waals surface area contributed by atoms with Crippen molar-refractivity contribution in [3.63, 3.8) is 0 Å². The summed E-state index contributed by atoms with van der Waals surface area (Å²) in [7, 11) is -4.06. The quantitative estimate of drug-likeness (QED) is 0.842. The molecule has 1 aliphatic rings. The third-order valence-electron chi connectivity index (χ3n) is 3.58. The Labute approximate surface area is 121 Å². The molecule has 0 aromatic heterocycles. The summed E-state index contributed by atoms with van der Waals surface area (Å²) < 4.78 is 39.5. The van der Waals surface area contributed by atoms with Crippen LogP contribution in [0.4, 0.5) is 4.39 Å². The Hall–Kier alpha value is -1.51. The van der Waals surface area contributed by atoms with Crippen LogP contribution in [0.5, 0.6) is 0 Å². The zero-order valence-electron chi connectivity index (χ0n) is 11.2. The van der Waals surface area contributed by atoms with Crippen LogP contribution in [-0.4, -0.2) is 48.6 Å². The van der Waals surface area contributed by atoms with Crippen LogP contribution in [0.25, 0.3) is 0 Å². The average Bonchev–Trinajstić information content (AvgIpc) is 2.88. The van der Waals surface area contributed by atoms with Crippen LogP contribution in [0.3, 0.4) is 0 Å². The van der Waals surface area contributed by atoms with Crippen molar-refractivity contribution in [2.24, 2.45) is 5.92 Å². The van der Waals surface area contributed by atoms with E-state index in [0.29, 0.717) is 12.8 Å². The van der Waals surface area contributed by atoms with E-state index in [1.807, 2.05) is 0 Å². The molecule has 1 aromatic carbocycles. The highest BCUT2D eigenvalue weighted by molar-refractivity contribution is 7.89. The number of hydrogen-bond donors (Lipinski definition) is 2. The number of carbonyl (C=O) groups is 1. The molecule has 1 heterocycles. The van der Waals surface area contributed by atoms with Gasteiger partial charge < -0.3 is 10.2 Å². The summed E-state index contributed by atoms with van der Waals surface area (Å²) in [4.78, 5) is 10.6. The number of hydrogen-bond acceptors (Lipinski definition) is 4. The fourth-order valence-electron chi connectivity index (χ4n) is 2.46. The van der Waals surface area contributed by atoms with E-state index >= 15 is 0 Å². The number of aromatic carboxylic acids is 1. The van der Waals surface area contributed by atoms with Gasteiger partial charge in [-0.25, -0.2) is 17.6 Å². The minimum atomic E-state index is -4.06. The van der Waals surface area contributed by atoms with Crippen molar-refractivity contribution in [2.45, 2.75) is 17.7 Å². The van der Waals surface area contributed by atoms with Gasteiger partial charge in [-0.3, -0.25) is 0 Å². The molecule has 0 amide bonds. The van der Waals surface area contributed by atoms with Gasteiger partial charge in [0.2, 0.25) is 10.0 Å². The molecule has 21 heavy (non-hydrogen) atoms. The van der Waals surface area contributed by atoms with Gasteiger partial charge in [-0.05, 0) is 37.0 Å². The summed E-state index contributed by atoms with van der Waals surface area (Å²) in [5.41, 5.74) is -0.443. The van der Waals surface area contributed by atoms with E-state index in [-0.39, 0.29) is 25.6 Å². The maximum atomic E-state index is 13.3. The Bertz CT molecular complexity index is 646. The molecule has 1 atom stereocenters. The van der Waals surface area contributed by atoms with Crippen molar-refractivity contribution in [3.8, 4) is 0 Å². The number of benzene rings is 1. The number of sulfonamides is 1. The fraction of sp³-hybridized carbons (Fsp3) is 0.462. The molecule has 0 saturated carbocycles. The zero-order chi connectivity index (χ0) is 15.6. The fourth-order valence-corrected chi connectivity index (χ4v) is 4.18. The van der Waals surface area contributed by atoms with E-state index in [1.54, 1.807) is 0 Å². The van der Waals surface area contributed by atoms with E-state index in [1.165, 1.54) is 0 Å². The summed E-state index contributed by atoms with van der Waals surface area (Å²) in [5.74, 6) is -2.18. The molecule has 2 rings (SSSR count). The molecule has 1 unspecified atom stereocenters. The van der Waals surface area contributed by atoms with Gasteiger partial charge in [0.1, 0.15) is 5.82 Å². The third kappa shape index (κ3) is 3.22. The summed E-state index contributed by atoms with van der Waals surface area (Å²) in [5, 5.41) is 18.0. The first-order valence-electron chi connectivity index (χ1n) is 6.50. The van der Waals surface area contributed by atoms with Crippen molar-refractivity contribution in [1.82, 2.24) is 4.31 Å². The molecule has 1 saturated heterocycles. The lowest BCUT2D eigenvalue weighted by molar-refractivity contribution is 0.0692. The number of rotatable bonds is 5. The highest BCUT2D eigenvalue weighted by Crippen LogP contribution is 2.28. The first-order valence-corrected chi connectivity index (χ1v) is 7.94. The van der Waals surface area contributed by atoms with Crippen molar-refractivity contribution >= 4 is 16.0 Å². The smallest absolute Gasteiger partial charge is 0.337 e. The zero-order valence-corrected chi connectivity index (χ0v) is 12.0.